The first-order valence-corrected chi connectivity index (χ1v) is 5.05. The summed E-state index contributed by atoms with van der Waals surface area (Å²) in [5.74, 6) is 0.163. The number of hydrogen-bond donors (Lipinski definition) is 1. The zero-order valence-electron chi connectivity index (χ0n) is 8.02. The molecule has 0 aromatic heterocycles. The fourth-order valence-electron chi connectivity index (χ4n) is 2.26. The largest absolute Gasteiger partial charge is 0.392 e. The van der Waals surface area contributed by atoms with Gasteiger partial charge < -0.3 is 5.11 Å². The van der Waals surface area contributed by atoms with Crippen molar-refractivity contribution in [2.75, 3.05) is 0 Å². The van der Waals surface area contributed by atoms with Crippen LogP contribution in [0.2, 0.25) is 0 Å². The minimum Gasteiger partial charge on any atom is -0.392 e. The van der Waals surface area contributed by atoms with E-state index < -0.39 is 0 Å². The number of hydrogen-bond acceptors (Lipinski definition) is 2. The summed E-state index contributed by atoms with van der Waals surface area (Å²) in [6.45, 7) is 0. The normalized spacial score (nSPS) is 26.4. The van der Waals surface area contributed by atoms with Gasteiger partial charge in [-0.15, -0.1) is 0 Å². The number of aldehydes is 1. The molecule has 0 amide bonds. The maximum absolute atomic E-state index is 10.8. The zero-order chi connectivity index (χ0) is 9.97. The van der Waals surface area contributed by atoms with Crippen LogP contribution in [0.5, 0.6) is 0 Å². The van der Waals surface area contributed by atoms with E-state index in [1.165, 1.54) is 0 Å². The summed E-state index contributed by atoms with van der Waals surface area (Å²) in [4.78, 5) is 10.8. The molecule has 1 fully saturated rings. The standard InChI is InChI=1S/C12H14O2/c13-8-9-4-1-2-5-10(9)11-6-3-7-12(11)14/h1-2,4-5,8,11-12,14H,3,6-7H2/t11-,12+/m1/s1. The van der Waals surface area contributed by atoms with E-state index in [0.717, 1.165) is 36.7 Å². The number of carbonyl (C=O) groups excluding carboxylic acids is 1. The molecule has 1 N–H and O–H groups in total. The van der Waals surface area contributed by atoms with Gasteiger partial charge in [0, 0.05) is 11.5 Å². The summed E-state index contributed by atoms with van der Waals surface area (Å²) in [6.07, 6.45) is 3.51. The second kappa shape index (κ2) is 3.93. The van der Waals surface area contributed by atoms with E-state index >= 15 is 0 Å². The van der Waals surface area contributed by atoms with Crippen molar-refractivity contribution in [3.63, 3.8) is 0 Å². The van der Waals surface area contributed by atoms with Crippen LogP contribution in [0.15, 0.2) is 24.3 Å². The summed E-state index contributed by atoms with van der Waals surface area (Å²) in [5.41, 5.74) is 1.73. The molecule has 0 aliphatic heterocycles. The smallest absolute Gasteiger partial charge is 0.150 e. The topological polar surface area (TPSA) is 37.3 Å². The van der Waals surface area contributed by atoms with Crippen LogP contribution in [0.3, 0.4) is 0 Å². The predicted molar refractivity (Wildman–Crippen MR) is 54.4 cm³/mol. The highest BCUT2D eigenvalue weighted by atomic mass is 16.3. The Bertz CT molecular complexity index is 333. The highest BCUT2D eigenvalue weighted by Gasteiger charge is 2.27. The molecule has 2 heteroatoms. The molecular formula is C12H14O2. The van der Waals surface area contributed by atoms with Crippen molar-refractivity contribution in [3.05, 3.63) is 35.4 Å². The predicted octanol–water partition coefficient (Wildman–Crippen LogP) is 2.13. The van der Waals surface area contributed by atoms with E-state index in [1.54, 1.807) is 0 Å². The average Bonchev–Trinajstić information content (AvgIpc) is 2.64. The van der Waals surface area contributed by atoms with Gasteiger partial charge in [-0.2, -0.15) is 0 Å². The van der Waals surface area contributed by atoms with Crippen LogP contribution in [0.4, 0.5) is 0 Å². The molecule has 2 nitrogen and oxygen atoms in total. The molecule has 0 spiro atoms. The number of rotatable bonds is 2. The molecule has 2 rings (SSSR count). The van der Waals surface area contributed by atoms with Gasteiger partial charge in [0.1, 0.15) is 6.29 Å². The lowest BCUT2D eigenvalue weighted by molar-refractivity contribution is 0.112. The quantitative estimate of drug-likeness (QED) is 0.725. The molecule has 0 saturated heterocycles. The Kier molecular flexibility index (Phi) is 2.64. The van der Waals surface area contributed by atoms with Crippen molar-refractivity contribution in [2.24, 2.45) is 0 Å². The molecule has 74 valence electrons. The van der Waals surface area contributed by atoms with Crippen LogP contribution in [-0.2, 0) is 0 Å². The van der Waals surface area contributed by atoms with Gasteiger partial charge in [0.05, 0.1) is 6.10 Å². The van der Waals surface area contributed by atoms with E-state index in [-0.39, 0.29) is 12.0 Å². The van der Waals surface area contributed by atoms with E-state index in [0.29, 0.717) is 0 Å². The molecule has 0 unspecified atom stereocenters. The van der Waals surface area contributed by atoms with Crippen molar-refractivity contribution in [1.29, 1.82) is 0 Å². The minimum atomic E-state index is -0.268. The van der Waals surface area contributed by atoms with Gasteiger partial charge in [0.15, 0.2) is 0 Å². The highest BCUT2D eigenvalue weighted by molar-refractivity contribution is 5.77. The van der Waals surface area contributed by atoms with Gasteiger partial charge in [-0.05, 0) is 18.4 Å². The van der Waals surface area contributed by atoms with Crippen LogP contribution in [0.25, 0.3) is 0 Å². The maximum Gasteiger partial charge on any atom is 0.150 e. The van der Waals surface area contributed by atoms with Gasteiger partial charge in [0.25, 0.3) is 0 Å². The number of aliphatic hydroxyl groups is 1. The number of carbonyl (C=O) groups is 1. The summed E-state index contributed by atoms with van der Waals surface area (Å²) in [5, 5.41) is 9.75. The van der Waals surface area contributed by atoms with Crippen LogP contribution in [0.1, 0.15) is 41.1 Å². The Balaban J connectivity index is 2.34. The Morgan fingerprint density at radius 2 is 2.07 bits per heavy atom. The van der Waals surface area contributed by atoms with Gasteiger partial charge in [-0.3, -0.25) is 4.79 Å². The summed E-state index contributed by atoms with van der Waals surface area (Å²) in [6, 6.07) is 7.54. The van der Waals surface area contributed by atoms with Crippen LogP contribution in [0, 0.1) is 0 Å². The van der Waals surface area contributed by atoms with E-state index in [4.69, 9.17) is 0 Å². The Labute approximate surface area is 83.6 Å². The van der Waals surface area contributed by atoms with Crippen molar-refractivity contribution in [2.45, 2.75) is 31.3 Å². The van der Waals surface area contributed by atoms with Gasteiger partial charge >= 0.3 is 0 Å². The highest BCUT2D eigenvalue weighted by Crippen LogP contribution is 2.35. The molecule has 1 aliphatic carbocycles. The van der Waals surface area contributed by atoms with Crippen LogP contribution >= 0.6 is 0 Å². The summed E-state index contributed by atoms with van der Waals surface area (Å²) in [7, 11) is 0. The van der Waals surface area contributed by atoms with Crippen molar-refractivity contribution in [1.82, 2.24) is 0 Å². The molecule has 14 heavy (non-hydrogen) atoms. The van der Waals surface area contributed by atoms with Gasteiger partial charge in [-0.1, -0.05) is 30.7 Å². The number of aliphatic hydroxyl groups excluding tert-OH is 1. The lowest BCUT2D eigenvalue weighted by Gasteiger charge is -2.16. The Hall–Kier alpha value is -1.15. The fourth-order valence-corrected chi connectivity index (χ4v) is 2.26. The van der Waals surface area contributed by atoms with E-state index in [9.17, 15) is 9.90 Å². The monoisotopic (exact) mass is 190 g/mol. The summed E-state index contributed by atoms with van der Waals surface area (Å²) < 4.78 is 0. The first-order valence-electron chi connectivity index (χ1n) is 5.05. The third-order valence-electron chi connectivity index (χ3n) is 3.00. The third kappa shape index (κ3) is 1.58. The van der Waals surface area contributed by atoms with Crippen molar-refractivity contribution < 1.29 is 9.90 Å². The molecule has 0 bridgehead atoms. The molecule has 0 radical (unpaired) electrons. The lowest BCUT2D eigenvalue weighted by Crippen LogP contribution is -2.12. The molecular weight excluding hydrogens is 176 g/mol. The van der Waals surface area contributed by atoms with Gasteiger partial charge in [0.2, 0.25) is 0 Å². The number of benzene rings is 1. The zero-order valence-corrected chi connectivity index (χ0v) is 8.02. The molecule has 0 heterocycles. The molecule has 1 aliphatic rings. The van der Waals surface area contributed by atoms with Crippen molar-refractivity contribution in [3.8, 4) is 0 Å². The van der Waals surface area contributed by atoms with Crippen LogP contribution < -0.4 is 0 Å². The van der Waals surface area contributed by atoms with Crippen LogP contribution in [-0.4, -0.2) is 17.5 Å². The Morgan fingerprint density at radius 1 is 1.29 bits per heavy atom. The Morgan fingerprint density at radius 3 is 2.71 bits per heavy atom. The fraction of sp³-hybridized carbons (Fsp3) is 0.417. The second-order valence-corrected chi connectivity index (χ2v) is 3.85. The lowest BCUT2D eigenvalue weighted by atomic mass is 9.92. The van der Waals surface area contributed by atoms with E-state index in [2.05, 4.69) is 0 Å². The van der Waals surface area contributed by atoms with Crippen molar-refractivity contribution >= 4 is 6.29 Å². The molecule has 1 saturated carbocycles. The third-order valence-corrected chi connectivity index (χ3v) is 3.00. The molecule has 1 aromatic carbocycles. The molecule has 1 aromatic rings. The average molecular weight is 190 g/mol. The maximum atomic E-state index is 10.8. The second-order valence-electron chi connectivity index (χ2n) is 3.85. The first kappa shape index (κ1) is 9.41. The van der Waals surface area contributed by atoms with E-state index in [1.807, 2.05) is 24.3 Å². The van der Waals surface area contributed by atoms with Gasteiger partial charge in [-0.25, -0.2) is 0 Å². The molecule has 2 atom stereocenters. The summed E-state index contributed by atoms with van der Waals surface area (Å²) >= 11 is 0. The minimum absolute atomic E-state index is 0.163. The SMILES string of the molecule is O=Cc1ccccc1[C@H]1CCC[C@@H]1O. The first-order chi connectivity index (χ1) is 6.83.